The number of nitrogens with one attached hydrogen (secondary N) is 2. The van der Waals surface area contributed by atoms with Crippen LogP contribution in [-0.4, -0.2) is 16.8 Å². The van der Waals surface area contributed by atoms with Gasteiger partial charge in [-0.25, -0.2) is 4.98 Å². The number of nitrogens with zero attached hydrogens (tertiary/aromatic N) is 1. The fourth-order valence-corrected chi connectivity index (χ4v) is 3.09. The van der Waals surface area contributed by atoms with E-state index in [1.165, 1.54) is 18.3 Å². The third-order valence-corrected chi connectivity index (χ3v) is 4.47. The van der Waals surface area contributed by atoms with Gasteiger partial charge >= 0.3 is 0 Å². The van der Waals surface area contributed by atoms with Crippen LogP contribution in [0, 0.1) is 6.92 Å². The van der Waals surface area contributed by atoms with Crippen molar-refractivity contribution in [2.24, 2.45) is 0 Å². The number of hydrogen-bond donors (Lipinski definition) is 2. The summed E-state index contributed by atoms with van der Waals surface area (Å²) in [5.41, 5.74) is 2.59. The maximum Gasteiger partial charge on any atom is 0.231 e. The molecule has 3 rings (SSSR count). The molecule has 7 heteroatoms. The summed E-state index contributed by atoms with van der Waals surface area (Å²) in [6.45, 7) is 3.79. The van der Waals surface area contributed by atoms with Crippen LogP contribution in [0.1, 0.15) is 23.3 Å². The molecule has 2 heterocycles. The van der Waals surface area contributed by atoms with Crippen LogP contribution in [-0.2, 0) is 22.6 Å². The summed E-state index contributed by atoms with van der Waals surface area (Å²) < 4.78 is 5.67. The molecule has 0 aliphatic rings. The molecule has 26 heavy (non-hydrogen) atoms. The van der Waals surface area contributed by atoms with Crippen LogP contribution in [0.3, 0.4) is 0 Å². The molecule has 2 aromatic heterocycles. The van der Waals surface area contributed by atoms with Crippen LogP contribution in [0.25, 0.3) is 11.5 Å². The summed E-state index contributed by atoms with van der Waals surface area (Å²) in [6.07, 6.45) is 0.206. The van der Waals surface area contributed by atoms with Crippen molar-refractivity contribution in [2.45, 2.75) is 26.8 Å². The monoisotopic (exact) mass is 369 g/mol. The van der Waals surface area contributed by atoms with E-state index in [-0.39, 0.29) is 18.2 Å². The first-order valence-electron chi connectivity index (χ1n) is 8.14. The molecule has 1 aromatic carbocycles. The average molecular weight is 369 g/mol. The Bertz CT molecular complexity index is 912. The lowest BCUT2D eigenvalue weighted by Crippen LogP contribution is -2.18. The molecule has 0 radical (unpaired) electrons. The van der Waals surface area contributed by atoms with Gasteiger partial charge in [0.2, 0.25) is 11.8 Å². The summed E-state index contributed by atoms with van der Waals surface area (Å²) in [5, 5.41) is 8.11. The van der Waals surface area contributed by atoms with E-state index < -0.39 is 0 Å². The lowest BCUT2D eigenvalue weighted by atomic mass is 10.2. The van der Waals surface area contributed by atoms with Crippen LogP contribution in [0.15, 0.2) is 46.2 Å². The number of hydrogen-bond acceptors (Lipinski definition) is 5. The van der Waals surface area contributed by atoms with Gasteiger partial charge < -0.3 is 15.1 Å². The zero-order valence-corrected chi connectivity index (χ0v) is 15.4. The van der Waals surface area contributed by atoms with Crippen LogP contribution >= 0.6 is 11.3 Å². The number of amides is 2. The summed E-state index contributed by atoms with van der Waals surface area (Å²) in [5.74, 6) is 1.05. The average Bonchev–Trinajstić information content (AvgIpc) is 3.24. The van der Waals surface area contributed by atoms with Crippen LogP contribution in [0.5, 0.6) is 0 Å². The standard InChI is InChI=1S/C19H19N3O3S/c1-12-3-5-14(6-4-12)21-18(24)9-19-22-16(11-26-19)17-8-7-15(25-17)10-20-13(2)23/h3-8,11H,9-10H2,1-2H3,(H,20,23)(H,21,24). The fourth-order valence-electron chi connectivity index (χ4n) is 2.31. The number of aromatic nitrogens is 1. The summed E-state index contributed by atoms with van der Waals surface area (Å²) in [6, 6.07) is 11.3. The van der Waals surface area contributed by atoms with Crippen molar-refractivity contribution < 1.29 is 14.0 Å². The summed E-state index contributed by atoms with van der Waals surface area (Å²) in [7, 11) is 0. The molecule has 0 unspecified atom stereocenters. The number of benzene rings is 1. The smallest absolute Gasteiger partial charge is 0.231 e. The predicted molar refractivity (Wildman–Crippen MR) is 101 cm³/mol. The lowest BCUT2D eigenvalue weighted by Gasteiger charge is -2.04. The number of furan rings is 1. The third kappa shape index (κ3) is 4.80. The molecular weight excluding hydrogens is 350 g/mol. The molecule has 0 saturated heterocycles. The van der Waals surface area contributed by atoms with Gasteiger partial charge in [-0.05, 0) is 31.2 Å². The number of carbonyl (C=O) groups excluding carboxylic acids is 2. The third-order valence-electron chi connectivity index (χ3n) is 3.62. The van der Waals surface area contributed by atoms with Crippen LogP contribution in [0.4, 0.5) is 5.69 Å². The number of anilines is 1. The van der Waals surface area contributed by atoms with Gasteiger partial charge in [0.1, 0.15) is 16.5 Å². The minimum absolute atomic E-state index is 0.111. The first-order valence-corrected chi connectivity index (χ1v) is 9.02. The second-order valence-electron chi connectivity index (χ2n) is 5.89. The molecule has 0 spiro atoms. The van der Waals surface area contributed by atoms with Crippen molar-refractivity contribution in [3.8, 4) is 11.5 Å². The SMILES string of the molecule is CC(=O)NCc1ccc(-c2csc(CC(=O)Nc3ccc(C)cc3)n2)o1. The van der Waals surface area contributed by atoms with Crippen molar-refractivity contribution in [3.63, 3.8) is 0 Å². The van der Waals surface area contributed by atoms with Gasteiger partial charge in [0.15, 0.2) is 5.76 Å². The Morgan fingerprint density at radius 2 is 1.92 bits per heavy atom. The molecule has 0 atom stereocenters. The van der Waals surface area contributed by atoms with Gasteiger partial charge in [-0.3, -0.25) is 9.59 Å². The highest BCUT2D eigenvalue weighted by Crippen LogP contribution is 2.24. The Kier molecular flexibility index (Phi) is 5.48. The Balaban J connectivity index is 1.59. The Morgan fingerprint density at radius 1 is 1.15 bits per heavy atom. The molecule has 6 nitrogen and oxygen atoms in total. The Morgan fingerprint density at radius 3 is 2.65 bits per heavy atom. The molecule has 0 saturated carbocycles. The first-order chi connectivity index (χ1) is 12.5. The zero-order valence-electron chi connectivity index (χ0n) is 14.5. The molecule has 2 amide bonds. The maximum atomic E-state index is 12.2. The minimum Gasteiger partial charge on any atom is -0.458 e. The van der Waals surface area contributed by atoms with Crippen molar-refractivity contribution >= 4 is 28.8 Å². The summed E-state index contributed by atoms with van der Waals surface area (Å²) >= 11 is 1.41. The molecule has 134 valence electrons. The maximum absolute atomic E-state index is 12.2. The molecule has 0 fully saturated rings. The Hall–Kier alpha value is -2.93. The fraction of sp³-hybridized carbons (Fsp3) is 0.211. The number of thiazole rings is 1. The highest BCUT2D eigenvalue weighted by atomic mass is 32.1. The Labute approximate surface area is 155 Å². The van der Waals surface area contributed by atoms with E-state index >= 15 is 0 Å². The highest BCUT2D eigenvalue weighted by Gasteiger charge is 2.12. The second-order valence-corrected chi connectivity index (χ2v) is 6.84. The van der Waals surface area contributed by atoms with E-state index in [0.717, 1.165) is 11.3 Å². The molecule has 0 aliphatic carbocycles. The summed E-state index contributed by atoms with van der Waals surface area (Å²) in [4.78, 5) is 27.6. The van der Waals surface area contributed by atoms with Gasteiger partial charge in [-0.2, -0.15) is 0 Å². The zero-order chi connectivity index (χ0) is 18.5. The van der Waals surface area contributed by atoms with Crippen molar-refractivity contribution in [1.82, 2.24) is 10.3 Å². The van der Waals surface area contributed by atoms with E-state index in [4.69, 9.17) is 4.42 Å². The van der Waals surface area contributed by atoms with Gasteiger partial charge in [0.25, 0.3) is 0 Å². The molecular formula is C19H19N3O3S. The molecule has 0 bridgehead atoms. The van der Waals surface area contributed by atoms with Gasteiger partial charge in [-0.1, -0.05) is 17.7 Å². The highest BCUT2D eigenvalue weighted by molar-refractivity contribution is 7.10. The molecule has 3 aromatic rings. The van der Waals surface area contributed by atoms with Gasteiger partial charge in [0, 0.05) is 18.0 Å². The quantitative estimate of drug-likeness (QED) is 0.696. The van der Waals surface area contributed by atoms with E-state index in [1.807, 2.05) is 42.6 Å². The van der Waals surface area contributed by atoms with Crippen LogP contribution in [0.2, 0.25) is 0 Å². The second kappa shape index (κ2) is 7.97. The van der Waals surface area contributed by atoms with Gasteiger partial charge in [0.05, 0.1) is 13.0 Å². The minimum atomic E-state index is -0.113. The molecule has 0 aliphatic heterocycles. The normalized spacial score (nSPS) is 10.5. The molecule has 2 N–H and O–H groups in total. The van der Waals surface area contributed by atoms with E-state index in [1.54, 1.807) is 6.07 Å². The van der Waals surface area contributed by atoms with E-state index in [9.17, 15) is 9.59 Å². The largest absolute Gasteiger partial charge is 0.458 e. The number of carbonyl (C=O) groups is 2. The van der Waals surface area contributed by atoms with Crippen molar-refractivity contribution in [2.75, 3.05) is 5.32 Å². The van der Waals surface area contributed by atoms with E-state index in [2.05, 4.69) is 15.6 Å². The van der Waals surface area contributed by atoms with E-state index in [0.29, 0.717) is 28.8 Å². The first kappa shape index (κ1) is 17.9. The number of aryl methyl sites for hydroxylation is 1. The number of rotatable bonds is 6. The topological polar surface area (TPSA) is 84.2 Å². The van der Waals surface area contributed by atoms with Crippen molar-refractivity contribution in [3.05, 3.63) is 58.1 Å². The van der Waals surface area contributed by atoms with Gasteiger partial charge in [-0.15, -0.1) is 11.3 Å². The van der Waals surface area contributed by atoms with Crippen LogP contribution < -0.4 is 10.6 Å². The van der Waals surface area contributed by atoms with Crippen molar-refractivity contribution in [1.29, 1.82) is 0 Å². The predicted octanol–water partition coefficient (Wildman–Crippen LogP) is 3.53. The lowest BCUT2D eigenvalue weighted by molar-refractivity contribution is -0.119.